The highest BCUT2D eigenvalue weighted by atomic mass is 35.5. The zero-order valence-corrected chi connectivity index (χ0v) is 14.3. The fourth-order valence-corrected chi connectivity index (χ4v) is 2.57. The minimum absolute atomic E-state index is 0.0520. The van der Waals surface area contributed by atoms with Gasteiger partial charge >= 0.3 is 12.0 Å². The third-order valence-corrected chi connectivity index (χ3v) is 3.94. The van der Waals surface area contributed by atoms with Crippen molar-refractivity contribution in [2.24, 2.45) is 0 Å². The molecule has 2 N–H and O–H groups in total. The van der Waals surface area contributed by atoms with Gasteiger partial charge in [0.1, 0.15) is 11.6 Å². The molecule has 24 heavy (non-hydrogen) atoms. The highest BCUT2D eigenvalue weighted by Crippen LogP contribution is 2.20. The van der Waals surface area contributed by atoms with E-state index in [9.17, 15) is 17.6 Å². The Morgan fingerprint density at radius 1 is 1.46 bits per heavy atom. The number of sulfone groups is 1. The molecule has 2 aromatic rings. The van der Waals surface area contributed by atoms with Gasteiger partial charge in [-0.1, -0.05) is 22.8 Å². The van der Waals surface area contributed by atoms with E-state index in [1.54, 1.807) is 6.92 Å². The minimum Gasteiger partial charge on any atom is -0.331 e. The number of nitrogens with zero attached hydrogens (tertiary/aromatic N) is 2. The van der Waals surface area contributed by atoms with Crippen LogP contribution in [0.25, 0.3) is 0 Å². The summed E-state index contributed by atoms with van der Waals surface area (Å²) in [6, 6.07) is 2.72. The van der Waals surface area contributed by atoms with Crippen LogP contribution in [-0.4, -0.2) is 30.8 Å². The second-order valence-corrected chi connectivity index (χ2v) is 7.63. The molecule has 0 aliphatic rings. The predicted molar refractivity (Wildman–Crippen MR) is 84.8 cm³/mol. The molecule has 1 atom stereocenters. The molecule has 0 saturated carbocycles. The number of carbonyl (C=O) groups excluding carboxylic acids is 1. The van der Waals surface area contributed by atoms with Crippen LogP contribution < -0.4 is 10.6 Å². The van der Waals surface area contributed by atoms with E-state index in [1.165, 1.54) is 18.2 Å². The second kappa shape index (κ2) is 7.14. The molecule has 1 aromatic heterocycles. The van der Waals surface area contributed by atoms with E-state index in [-0.39, 0.29) is 16.9 Å². The van der Waals surface area contributed by atoms with Crippen LogP contribution in [0.1, 0.15) is 24.4 Å². The van der Waals surface area contributed by atoms with Crippen LogP contribution in [0.5, 0.6) is 0 Å². The van der Waals surface area contributed by atoms with Gasteiger partial charge in [0.15, 0.2) is 15.7 Å². The van der Waals surface area contributed by atoms with E-state index < -0.39 is 33.5 Å². The van der Waals surface area contributed by atoms with Crippen LogP contribution in [0.3, 0.4) is 0 Å². The van der Waals surface area contributed by atoms with Gasteiger partial charge < -0.3 is 9.84 Å². The van der Waals surface area contributed by atoms with E-state index >= 15 is 0 Å². The number of rotatable bonds is 5. The topological polar surface area (TPSA) is 114 Å². The van der Waals surface area contributed by atoms with Gasteiger partial charge in [0.2, 0.25) is 0 Å². The first kappa shape index (κ1) is 18.1. The van der Waals surface area contributed by atoms with Crippen LogP contribution >= 0.6 is 11.6 Å². The van der Waals surface area contributed by atoms with Gasteiger partial charge in [0.25, 0.3) is 0 Å². The van der Waals surface area contributed by atoms with Crippen LogP contribution in [-0.2, 0) is 15.6 Å². The van der Waals surface area contributed by atoms with E-state index in [2.05, 4.69) is 20.8 Å². The number of halogens is 2. The van der Waals surface area contributed by atoms with Gasteiger partial charge in [-0.2, -0.15) is 4.98 Å². The molecule has 0 fully saturated rings. The van der Waals surface area contributed by atoms with Crippen molar-refractivity contribution in [2.75, 3.05) is 11.6 Å². The zero-order chi connectivity index (χ0) is 17.9. The Balaban J connectivity index is 1.96. The van der Waals surface area contributed by atoms with Crippen molar-refractivity contribution >= 4 is 33.5 Å². The van der Waals surface area contributed by atoms with Gasteiger partial charge in [-0.25, -0.2) is 17.6 Å². The summed E-state index contributed by atoms with van der Waals surface area (Å²) in [6.07, 6.45) is 1.03. The lowest BCUT2D eigenvalue weighted by Crippen LogP contribution is -2.31. The lowest BCUT2D eigenvalue weighted by atomic mass is 10.1. The maximum atomic E-state index is 13.1. The Kier molecular flexibility index (Phi) is 5.40. The molecule has 0 aliphatic carbocycles. The molecule has 2 amide bonds. The van der Waals surface area contributed by atoms with Gasteiger partial charge in [0, 0.05) is 6.26 Å². The maximum absolute atomic E-state index is 13.1. The van der Waals surface area contributed by atoms with Crippen molar-refractivity contribution in [1.82, 2.24) is 15.5 Å². The Hall–Kier alpha value is -2.20. The van der Waals surface area contributed by atoms with Gasteiger partial charge in [0.05, 0.1) is 11.1 Å². The van der Waals surface area contributed by atoms with Crippen molar-refractivity contribution in [1.29, 1.82) is 0 Å². The van der Waals surface area contributed by atoms with Gasteiger partial charge in [-0.05, 0) is 24.6 Å². The van der Waals surface area contributed by atoms with E-state index in [4.69, 9.17) is 16.1 Å². The summed E-state index contributed by atoms with van der Waals surface area (Å²) in [5, 5.41) is 8.25. The summed E-state index contributed by atoms with van der Waals surface area (Å²) in [7, 11) is -3.31. The van der Waals surface area contributed by atoms with Crippen molar-refractivity contribution in [3.05, 3.63) is 40.4 Å². The fraction of sp³-hybridized carbons (Fsp3) is 0.308. The van der Waals surface area contributed by atoms with Crippen LogP contribution in [0, 0.1) is 5.82 Å². The minimum atomic E-state index is -3.31. The van der Waals surface area contributed by atoms with E-state index in [0.717, 1.165) is 6.26 Å². The smallest absolute Gasteiger partial charge is 0.329 e. The lowest BCUT2D eigenvalue weighted by Gasteiger charge is -2.14. The molecule has 0 bridgehead atoms. The SMILES string of the molecule is CC(NC(=O)Nc1nc(CS(C)(=O)=O)no1)c1ccc(F)c(Cl)c1. The molecule has 1 heterocycles. The van der Waals surface area contributed by atoms with Gasteiger partial charge in [-0.15, -0.1) is 0 Å². The molecular formula is C13H14ClFN4O4S. The summed E-state index contributed by atoms with van der Waals surface area (Å²) in [5.74, 6) is -1.02. The fourth-order valence-electron chi connectivity index (χ4n) is 1.79. The molecule has 130 valence electrons. The Bertz CT molecular complexity index is 855. The number of benzene rings is 1. The highest BCUT2D eigenvalue weighted by molar-refractivity contribution is 7.89. The number of hydrogen-bond acceptors (Lipinski definition) is 6. The Morgan fingerprint density at radius 2 is 2.17 bits per heavy atom. The van der Waals surface area contributed by atoms with Crippen molar-refractivity contribution in [3.8, 4) is 0 Å². The molecule has 1 aromatic carbocycles. The molecular weight excluding hydrogens is 363 g/mol. The first-order valence-electron chi connectivity index (χ1n) is 6.67. The molecule has 0 aliphatic heterocycles. The van der Waals surface area contributed by atoms with Crippen molar-refractivity contribution < 1.29 is 22.1 Å². The number of nitrogens with one attached hydrogen (secondary N) is 2. The summed E-state index contributed by atoms with van der Waals surface area (Å²) >= 11 is 5.69. The summed E-state index contributed by atoms with van der Waals surface area (Å²) in [5.41, 5.74) is 0.597. The van der Waals surface area contributed by atoms with Crippen LogP contribution in [0.15, 0.2) is 22.7 Å². The van der Waals surface area contributed by atoms with Crippen molar-refractivity contribution in [2.45, 2.75) is 18.7 Å². The standard InChI is InChI=1S/C13H14ClFN4O4S/c1-7(8-3-4-10(15)9(14)5-8)16-12(20)18-13-17-11(19-23-13)6-24(2,21)22/h3-5,7H,6H2,1-2H3,(H2,16,17,18,19,20). The third kappa shape index (κ3) is 5.17. The number of hydrogen-bond donors (Lipinski definition) is 2. The molecule has 1 unspecified atom stereocenters. The molecule has 8 nitrogen and oxygen atoms in total. The molecule has 2 rings (SSSR count). The normalized spacial score (nSPS) is 12.7. The summed E-state index contributed by atoms with van der Waals surface area (Å²) in [6.45, 7) is 1.67. The van der Waals surface area contributed by atoms with E-state index in [0.29, 0.717) is 5.56 Å². The second-order valence-electron chi connectivity index (χ2n) is 5.08. The Labute approximate surface area is 142 Å². The Morgan fingerprint density at radius 3 is 2.79 bits per heavy atom. The number of aromatic nitrogens is 2. The number of anilines is 1. The first-order chi connectivity index (χ1) is 11.1. The first-order valence-corrected chi connectivity index (χ1v) is 9.10. The molecule has 0 saturated heterocycles. The average Bonchev–Trinajstić information content (AvgIpc) is 2.86. The molecule has 11 heteroatoms. The monoisotopic (exact) mass is 376 g/mol. The van der Waals surface area contributed by atoms with Crippen LogP contribution in [0.2, 0.25) is 5.02 Å². The highest BCUT2D eigenvalue weighted by Gasteiger charge is 2.16. The zero-order valence-electron chi connectivity index (χ0n) is 12.7. The van der Waals surface area contributed by atoms with E-state index in [1.807, 2.05) is 0 Å². The predicted octanol–water partition coefficient (Wildman–Crippen LogP) is 2.29. The summed E-state index contributed by atoms with van der Waals surface area (Å²) in [4.78, 5) is 15.6. The number of amides is 2. The third-order valence-electron chi connectivity index (χ3n) is 2.87. The molecule has 0 spiro atoms. The number of carbonyl (C=O) groups is 1. The van der Waals surface area contributed by atoms with Crippen molar-refractivity contribution in [3.63, 3.8) is 0 Å². The average molecular weight is 377 g/mol. The number of urea groups is 1. The quantitative estimate of drug-likeness (QED) is 0.827. The van der Waals surface area contributed by atoms with Gasteiger partial charge in [-0.3, -0.25) is 5.32 Å². The lowest BCUT2D eigenvalue weighted by molar-refractivity contribution is 0.248. The summed E-state index contributed by atoms with van der Waals surface area (Å²) < 4.78 is 40.1. The largest absolute Gasteiger partial charge is 0.331 e. The van der Waals surface area contributed by atoms with Crippen LogP contribution in [0.4, 0.5) is 15.2 Å². The molecule has 0 radical (unpaired) electrons. The maximum Gasteiger partial charge on any atom is 0.329 e.